The Balaban J connectivity index is 1.43. The zero-order chi connectivity index (χ0) is 12.6. The molecule has 0 bridgehead atoms. The van der Waals surface area contributed by atoms with Crippen molar-refractivity contribution in [1.29, 1.82) is 0 Å². The van der Waals surface area contributed by atoms with Gasteiger partial charge in [0.05, 0.1) is 0 Å². The van der Waals surface area contributed by atoms with Crippen LogP contribution in [0.4, 0.5) is 0 Å². The summed E-state index contributed by atoms with van der Waals surface area (Å²) in [6.45, 7) is 9.18. The van der Waals surface area contributed by atoms with E-state index in [1.165, 1.54) is 54.2 Å². The van der Waals surface area contributed by atoms with E-state index in [-0.39, 0.29) is 0 Å². The molecule has 1 spiro atoms. The minimum absolute atomic E-state index is 0.722. The summed E-state index contributed by atoms with van der Waals surface area (Å²) in [7, 11) is 0. The molecule has 0 amide bonds. The zero-order valence-corrected chi connectivity index (χ0v) is 12.3. The average Bonchev–Trinajstić information content (AvgIpc) is 2.90. The first-order valence-corrected chi connectivity index (χ1v) is 7.99. The number of piperidine rings is 1. The molecule has 2 aliphatic rings. The fourth-order valence-electron chi connectivity index (χ4n) is 3.36. The maximum atomic E-state index is 3.67. The highest BCUT2D eigenvalue weighted by Gasteiger charge is 2.52. The molecule has 1 saturated carbocycles. The maximum absolute atomic E-state index is 3.67. The predicted octanol–water partition coefficient (Wildman–Crippen LogP) is 2.84. The van der Waals surface area contributed by atoms with Crippen molar-refractivity contribution < 1.29 is 0 Å². The van der Waals surface area contributed by atoms with Crippen LogP contribution in [0.5, 0.6) is 0 Å². The Morgan fingerprint density at radius 1 is 1.39 bits per heavy atom. The molecule has 1 saturated heterocycles. The highest BCUT2D eigenvalue weighted by molar-refractivity contribution is 7.12. The molecule has 18 heavy (non-hydrogen) atoms. The number of rotatable bonds is 4. The molecule has 100 valence electrons. The van der Waals surface area contributed by atoms with Crippen molar-refractivity contribution in [3.8, 4) is 0 Å². The van der Waals surface area contributed by atoms with Crippen LogP contribution in [-0.2, 0) is 6.54 Å². The summed E-state index contributed by atoms with van der Waals surface area (Å²) >= 11 is 1.94. The van der Waals surface area contributed by atoms with Gasteiger partial charge >= 0.3 is 0 Å². The van der Waals surface area contributed by atoms with Crippen molar-refractivity contribution in [2.45, 2.75) is 39.7 Å². The molecule has 1 atom stereocenters. The van der Waals surface area contributed by atoms with E-state index in [1.807, 2.05) is 11.3 Å². The van der Waals surface area contributed by atoms with Crippen molar-refractivity contribution in [1.82, 2.24) is 10.6 Å². The lowest BCUT2D eigenvalue weighted by atomic mass is 9.92. The molecule has 1 aliphatic heterocycles. The van der Waals surface area contributed by atoms with E-state index in [4.69, 9.17) is 0 Å². The molecular weight excluding hydrogens is 240 g/mol. The minimum atomic E-state index is 0.722. The predicted molar refractivity (Wildman–Crippen MR) is 78.1 cm³/mol. The maximum Gasteiger partial charge on any atom is 0.0300 e. The number of nitrogens with one attached hydrogen (secondary N) is 2. The summed E-state index contributed by atoms with van der Waals surface area (Å²) in [5, 5.41) is 7.14. The molecule has 0 radical (unpaired) electrons. The van der Waals surface area contributed by atoms with Crippen LogP contribution >= 0.6 is 11.3 Å². The van der Waals surface area contributed by atoms with E-state index >= 15 is 0 Å². The first-order valence-electron chi connectivity index (χ1n) is 7.17. The van der Waals surface area contributed by atoms with E-state index < -0.39 is 0 Å². The normalized spacial score (nSPS) is 25.6. The van der Waals surface area contributed by atoms with Gasteiger partial charge in [-0.2, -0.15) is 0 Å². The Hall–Kier alpha value is -0.380. The van der Waals surface area contributed by atoms with Gasteiger partial charge in [-0.1, -0.05) is 0 Å². The summed E-state index contributed by atoms with van der Waals surface area (Å²) < 4.78 is 0. The summed E-state index contributed by atoms with van der Waals surface area (Å²) in [5.41, 5.74) is 2.16. The summed E-state index contributed by atoms with van der Waals surface area (Å²) in [6.07, 6.45) is 4.26. The fraction of sp³-hybridized carbons (Fsp3) is 0.733. The second-order valence-corrected chi connectivity index (χ2v) is 7.44. The first kappa shape index (κ1) is 12.6. The Morgan fingerprint density at radius 3 is 2.83 bits per heavy atom. The number of hydrogen-bond acceptors (Lipinski definition) is 3. The second-order valence-electron chi connectivity index (χ2n) is 6.10. The van der Waals surface area contributed by atoms with Crippen LogP contribution < -0.4 is 10.6 Å². The molecule has 2 fully saturated rings. The summed E-state index contributed by atoms with van der Waals surface area (Å²) in [4.78, 5) is 2.96. The highest BCUT2D eigenvalue weighted by atomic mass is 32.1. The molecular formula is C15H24N2S. The number of aryl methyl sites for hydroxylation is 2. The first-order chi connectivity index (χ1) is 8.70. The van der Waals surface area contributed by atoms with Crippen molar-refractivity contribution in [3.63, 3.8) is 0 Å². The van der Waals surface area contributed by atoms with Crippen LogP contribution in [0.3, 0.4) is 0 Å². The molecule has 2 heterocycles. The van der Waals surface area contributed by atoms with Crippen LogP contribution in [0, 0.1) is 25.2 Å². The van der Waals surface area contributed by atoms with E-state index in [0.717, 1.165) is 17.9 Å². The Kier molecular flexibility index (Phi) is 3.48. The summed E-state index contributed by atoms with van der Waals surface area (Å²) in [5.74, 6) is 0.946. The third kappa shape index (κ3) is 2.49. The van der Waals surface area contributed by atoms with Gasteiger partial charge in [0.2, 0.25) is 0 Å². The summed E-state index contributed by atoms with van der Waals surface area (Å²) in [6, 6.07) is 2.33. The van der Waals surface area contributed by atoms with Gasteiger partial charge in [-0.25, -0.2) is 0 Å². The van der Waals surface area contributed by atoms with Gasteiger partial charge in [-0.15, -0.1) is 11.3 Å². The zero-order valence-electron chi connectivity index (χ0n) is 11.5. The molecule has 1 aliphatic carbocycles. The van der Waals surface area contributed by atoms with Gasteiger partial charge in [0, 0.05) is 16.3 Å². The third-order valence-corrected chi connectivity index (χ3v) is 6.02. The molecule has 0 aromatic carbocycles. The fourth-order valence-corrected chi connectivity index (χ4v) is 4.39. The van der Waals surface area contributed by atoms with Crippen molar-refractivity contribution in [2.75, 3.05) is 19.6 Å². The van der Waals surface area contributed by atoms with Crippen molar-refractivity contribution in [2.24, 2.45) is 11.3 Å². The van der Waals surface area contributed by atoms with Crippen LogP contribution in [0.1, 0.15) is 34.6 Å². The number of thiophene rings is 1. The van der Waals surface area contributed by atoms with Gasteiger partial charge in [-0.05, 0) is 75.7 Å². The quantitative estimate of drug-likeness (QED) is 0.874. The van der Waals surface area contributed by atoms with Gasteiger partial charge < -0.3 is 10.6 Å². The van der Waals surface area contributed by atoms with Crippen LogP contribution in [-0.4, -0.2) is 19.6 Å². The van der Waals surface area contributed by atoms with Crippen LogP contribution in [0.15, 0.2) is 6.07 Å². The van der Waals surface area contributed by atoms with Crippen molar-refractivity contribution in [3.05, 3.63) is 21.4 Å². The number of hydrogen-bond donors (Lipinski definition) is 2. The highest BCUT2D eigenvalue weighted by Crippen LogP contribution is 2.58. The minimum Gasteiger partial charge on any atom is -0.317 e. The molecule has 2 nitrogen and oxygen atoms in total. The Bertz CT molecular complexity index is 399. The van der Waals surface area contributed by atoms with Crippen LogP contribution in [0.2, 0.25) is 0 Å². The van der Waals surface area contributed by atoms with Gasteiger partial charge in [0.1, 0.15) is 0 Å². The molecule has 3 rings (SSSR count). The second kappa shape index (κ2) is 4.95. The molecule has 1 aromatic rings. The molecule has 3 heteroatoms. The lowest BCUT2D eigenvalue weighted by Crippen LogP contribution is -2.31. The lowest BCUT2D eigenvalue weighted by molar-refractivity contribution is 0.319. The third-order valence-electron chi connectivity index (χ3n) is 4.87. The van der Waals surface area contributed by atoms with E-state index in [2.05, 4.69) is 30.5 Å². The standard InChI is InChI=1S/C15H24N2S/c1-11-7-14(18-12(11)2)10-17-9-13-8-15(13)3-5-16-6-4-15/h7,13,16-17H,3-6,8-10H2,1-2H3. The largest absolute Gasteiger partial charge is 0.317 e. The van der Waals surface area contributed by atoms with Gasteiger partial charge in [-0.3, -0.25) is 0 Å². The van der Waals surface area contributed by atoms with E-state index in [1.54, 1.807) is 0 Å². The van der Waals surface area contributed by atoms with E-state index in [9.17, 15) is 0 Å². The topological polar surface area (TPSA) is 24.1 Å². The van der Waals surface area contributed by atoms with Gasteiger partial charge in [0.15, 0.2) is 0 Å². The smallest absolute Gasteiger partial charge is 0.0300 e. The molecule has 2 N–H and O–H groups in total. The molecule has 1 aromatic heterocycles. The average molecular weight is 264 g/mol. The van der Waals surface area contributed by atoms with Gasteiger partial charge in [0.25, 0.3) is 0 Å². The monoisotopic (exact) mass is 264 g/mol. The van der Waals surface area contributed by atoms with Crippen LogP contribution in [0.25, 0.3) is 0 Å². The SMILES string of the molecule is Cc1cc(CNCC2CC23CCNCC3)sc1C. The van der Waals surface area contributed by atoms with Crippen molar-refractivity contribution >= 4 is 11.3 Å². The Morgan fingerprint density at radius 2 is 2.17 bits per heavy atom. The molecule has 1 unspecified atom stereocenters. The lowest BCUT2D eigenvalue weighted by Gasteiger charge is -2.23. The van der Waals surface area contributed by atoms with E-state index in [0.29, 0.717) is 0 Å². The Labute approximate surface area is 114 Å².